The largest absolute Gasteiger partial charge is 0.367 e. The Balaban J connectivity index is 1.48. The Morgan fingerprint density at radius 2 is 2.00 bits per heavy atom. The number of alkyl halides is 2. The highest BCUT2D eigenvalue weighted by molar-refractivity contribution is 5.44. The molecule has 0 saturated carbocycles. The van der Waals surface area contributed by atoms with E-state index in [1.807, 2.05) is 0 Å². The van der Waals surface area contributed by atoms with Crippen LogP contribution < -0.4 is 5.32 Å². The van der Waals surface area contributed by atoms with E-state index in [0.717, 1.165) is 43.8 Å². The van der Waals surface area contributed by atoms with Gasteiger partial charge in [0.15, 0.2) is 5.65 Å². The monoisotopic (exact) mass is 309 g/mol. The molecule has 1 N–H and O–H groups in total. The Morgan fingerprint density at radius 1 is 1.18 bits per heavy atom. The molecule has 7 nitrogen and oxygen atoms in total. The molecule has 2 bridgehead atoms. The summed E-state index contributed by atoms with van der Waals surface area (Å²) in [6.07, 6.45) is -2.69. The van der Waals surface area contributed by atoms with E-state index >= 15 is 0 Å². The van der Waals surface area contributed by atoms with Crippen LogP contribution in [0.25, 0.3) is 5.65 Å². The molecule has 118 valence electrons. The zero-order chi connectivity index (χ0) is 15.1. The number of anilines is 1. The molecule has 2 aromatic heterocycles. The van der Waals surface area contributed by atoms with Crippen molar-refractivity contribution < 1.29 is 8.78 Å². The van der Waals surface area contributed by atoms with Crippen LogP contribution in [0.4, 0.5) is 14.6 Å². The second-order valence-electron chi connectivity index (χ2n) is 5.72. The van der Waals surface area contributed by atoms with E-state index < -0.39 is 12.2 Å². The van der Waals surface area contributed by atoms with Gasteiger partial charge >= 0.3 is 0 Å². The minimum Gasteiger partial charge on any atom is -0.367 e. The number of piperazine rings is 3. The van der Waals surface area contributed by atoms with Crippen LogP contribution in [0.3, 0.4) is 0 Å². The number of aromatic nitrogens is 4. The number of nitrogens with zero attached hydrogens (tertiary/aromatic N) is 6. The van der Waals surface area contributed by atoms with E-state index in [1.54, 1.807) is 12.1 Å². The first-order chi connectivity index (χ1) is 10.7. The average molecular weight is 309 g/mol. The van der Waals surface area contributed by atoms with Gasteiger partial charge in [0.05, 0.1) is 0 Å². The summed E-state index contributed by atoms with van der Waals surface area (Å²) in [5, 5.41) is 14.6. The van der Waals surface area contributed by atoms with Gasteiger partial charge in [-0.3, -0.25) is 9.80 Å². The van der Waals surface area contributed by atoms with Crippen molar-refractivity contribution in [2.24, 2.45) is 0 Å². The summed E-state index contributed by atoms with van der Waals surface area (Å²) in [7, 11) is 0. The third kappa shape index (κ3) is 2.40. The van der Waals surface area contributed by atoms with Gasteiger partial charge in [-0.1, -0.05) is 0 Å². The number of hydrogen-bond donors (Lipinski definition) is 1. The molecule has 0 aliphatic carbocycles. The van der Waals surface area contributed by atoms with Crippen molar-refractivity contribution in [3.63, 3.8) is 0 Å². The van der Waals surface area contributed by atoms with E-state index in [0.29, 0.717) is 17.5 Å². The lowest BCUT2D eigenvalue weighted by Crippen LogP contribution is -2.62. The first kappa shape index (κ1) is 13.8. The minimum absolute atomic E-state index is 0.326. The van der Waals surface area contributed by atoms with E-state index in [-0.39, 0.29) is 0 Å². The SMILES string of the molecule is FC(F)c1nnc2ccc(NCC3CN4CCN3CC4)nn12. The van der Waals surface area contributed by atoms with E-state index in [1.165, 1.54) is 0 Å². The van der Waals surface area contributed by atoms with Gasteiger partial charge < -0.3 is 5.32 Å². The third-order valence-electron chi connectivity index (χ3n) is 4.39. The van der Waals surface area contributed by atoms with Crippen LogP contribution in [-0.4, -0.2) is 74.9 Å². The zero-order valence-corrected chi connectivity index (χ0v) is 12.0. The predicted octanol–water partition coefficient (Wildman–Crippen LogP) is 0.474. The molecule has 1 unspecified atom stereocenters. The van der Waals surface area contributed by atoms with Crippen LogP contribution in [-0.2, 0) is 0 Å². The van der Waals surface area contributed by atoms with Gasteiger partial charge in [0.25, 0.3) is 6.43 Å². The Hall–Kier alpha value is -1.87. The Labute approximate surface area is 125 Å². The van der Waals surface area contributed by atoms with Gasteiger partial charge in [0.1, 0.15) is 5.82 Å². The number of rotatable bonds is 4. The van der Waals surface area contributed by atoms with Crippen LogP contribution in [0.15, 0.2) is 12.1 Å². The Bertz CT molecular complexity index is 665. The number of fused-ring (bicyclic) bond motifs is 4. The van der Waals surface area contributed by atoms with Crippen LogP contribution >= 0.6 is 0 Å². The van der Waals surface area contributed by atoms with Crippen LogP contribution in [0.1, 0.15) is 12.2 Å². The van der Waals surface area contributed by atoms with Crippen LogP contribution in [0.5, 0.6) is 0 Å². The van der Waals surface area contributed by atoms with Crippen molar-refractivity contribution in [3.8, 4) is 0 Å². The topological polar surface area (TPSA) is 61.6 Å². The average Bonchev–Trinajstić information content (AvgIpc) is 2.97. The molecule has 5 heterocycles. The van der Waals surface area contributed by atoms with Gasteiger partial charge in [-0.25, -0.2) is 8.78 Å². The minimum atomic E-state index is -2.69. The number of halogens is 2. The highest BCUT2D eigenvalue weighted by atomic mass is 19.3. The lowest BCUT2D eigenvalue weighted by atomic mass is 10.1. The maximum Gasteiger partial charge on any atom is 0.299 e. The second-order valence-corrected chi connectivity index (χ2v) is 5.72. The molecule has 9 heteroatoms. The molecule has 0 radical (unpaired) electrons. The van der Waals surface area contributed by atoms with Crippen molar-refractivity contribution in [2.75, 3.05) is 44.6 Å². The fourth-order valence-corrected chi connectivity index (χ4v) is 3.18. The first-order valence-electron chi connectivity index (χ1n) is 7.41. The molecule has 0 spiro atoms. The van der Waals surface area contributed by atoms with Gasteiger partial charge in [-0.05, 0) is 12.1 Å². The molecular weight excluding hydrogens is 292 g/mol. The first-order valence-corrected chi connectivity index (χ1v) is 7.41. The number of nitrogens with one attached hydrogen (secondary N) is 1. The van der Waals surface area contributed by atoms with Gasteiger partial charge in [0, 0.05) is 45.3 Å². The van der Waals surface area contributed by atoms with Crippen molar-refractivity contribution in [2.45, 2.75) is 12.5 Å². The Kier molecular flexibility index (Phi) is 3.38. The van der Waals surface area contributed by atoms with Crippen molar-refractivity contribution >= 4 is 11.5 Å². The predicted molar refractivity (Wildman–Crippen MR) is 76.0 cm³/mol. The number of hydrogen-bond acceptors (Lipinski definition) is 6. The summed E-state index contributed by atoms with van der Waals surface area (Å²) < 4.78 is 26.8. The third-order valence-corrected chi connectivity index (χ3v) is 4.39. The highest BCUT2D eigenvalue weighted by Gasteiger charge is 2.31. The molecule has 2 aromatic rings. The molecule has 22 heavy (non-hydrogen) atoms. The smallest absolute Gasteiger partial charge is 0.299 e. The zero-order valence-electron chi connectivity index (χ0n) is 12.0. The molecule has 1 atom stereocenters. The summed E-state index contributed by atoms with van der Waals surface area (Å²) in [6.45, 7) is 6.27. The molecule has 5 rings (SSSR count). The van der Waals surface area contributed by atoms with Gasteiger partial charge in [-0.15, -0.1) is 15.3 Å². The summed E-state index contributed by atoms with van der Waals surface area (Å²) in [5.74, 6) is 0.136. The van der Waals surface area contributed by atoms with Crippen LogP contribution in [0.2, 0.25) is 0 Å². The molecule has 3 fully saturated rings. The summed E-state index contributed by atoms with van der Waals surface area (Å²) in [6, 6.07) is 3.83. The fourth-order valence-electron chi connectivity index (χ4n) is 3.18. The standard InChI is InChI=1S/C13H17F2N7/c14-12(15)13-18-17-11-2-1-10(19-22(11)13)16-7-9-8-20-3-5-21(9)6-4-20/h1-2,9,12H,3-8H2,(H,16,19). The molecule has 3 saturated heterocycles. The van der Waals surface area contributed by atoms with Gasteiger partial charge in [0.2, 0.25) is 5.82 Å². The van der Waals surface area contributed by atoms with E-state index in [4.69, 9.17) is 0 Å². The quantitative estimate of drug-likeness (QED) is 0.886. The van der Waals surface area contributed by atoms with Crippen LogP contribution in [0, 0.1) is 0 Å². The molecule has 0 aromatic carbocycles. The summed E-state index contributed by atoms with van der Waals surface area (Å²) >= 11 is 0. The molecule has 0 amide bonds. The Morgan fingerprint density at radius 3 is 2.68 bits per heavy atom. The lowest BCUT2D eigenvalue weighted by molar-refractivity contribution is 0.0189. The highest BCUT2D eigenvalue weighted by Crippen LogP contribution is 2.18. The normalized spacial score (nSPS) is 27.7. The fraction of sp³-hybridized carbons (Fsp3) is 0.615. The molecule has 3 aliphatic rings. The van der Waals surface area contributed by atoms with Crippen molar-refractivity contribution in [1.82, 2.24) is 29.6 Å². The van der Waals surface area contributed by atoms with E-state index in [2.05, 4.69) is 30.4 Å². The molecule has 3 aliphatic heterocycles. The molecular formula is C13H17F2N7. The van der Waals surface area contributed by atoms with Gasteiger partial charge in [-0.2, -0.15) is 4.52 Å². The maximum absolute atomic E-state index is 12.8. The summed E-state index contributed by atoms with van der Waals surface area (Å²) in [4.78, 5) is 4.92. The second kappa shape index (κ2) is 5.40. The van der Waals surface area contributed by atoms with E-state index in [9.17, 15) is 8.78 Å². The lowest BCUT2D eigenvalue weighted by Gasteiger charge is -2.47. The maximum atomic E-state index is 12.8. The van der Waals surface area contributed by atoms with Crippen molar-refractivity contribution in [1.29, 1.82) is 0 Å². The van der Waals surface area contributed by atoms with Crippen molar-refractivity contribution in [3.05, 3.63) is 18.0 Å². The summed E-state index contributed by atoms with van der Waals surface area (Å²) in [5.41, 5.74) is 0.326.